The Morgan fingerprint density at radius 3 is 3.00 bits per heavy atom. The highest BCUT2D eigenvalue weighted by Crippen LogP contribution is 2.11. The predicted octanol–water partition coefficient (Wildman–Crippen LogP) is 2.18. The Hall–Kier alpha value is -1.83. The van der Waals surface area contributed by atoms with Gasteiger partial charge in [-0.1, -0.05) is 12.6 Å². The van der Waals surface area contributed by atoms with E-state index in [2.05, 4.69) is 16.9 Å². The van der Waals surface area contributed by atoms with Crippen LogP contribution in [0.4, 0.5) is 0 Å². The summed E-state index contributed by atoms with van der Waals surface area (Å²) in [6.45, 7) is 3.85. The van der Waals surface area contributed by atoms with Gasteiger partial charge in [-0.3, -0.25) is 4.98 Å². The molecule has 0 spiro atoms. The van der Waals surface area contributed by atoms with Crippen LogP contribution in [0.5, 0.6) is 0 Å². The lowest BCUT2D eigenvalue weighted by molar-refractivity contribution is 1.02. The van der Waals surface area contributed by atoms with Crippen LogP contribution in [0.15, 0.2) is 60.6 Å². The molecule has 0 bridgehead atoms. The average molecular weight is 184 g/mol. The Labute approximate surface area is 83.7 Å². The van der Waals surface area contributed by atoms with Crippen LogP contribution in [0.1, 0.15) is 5.69 Å². The first-order valence-corrected chi connectivity index (χ1v) is 4.57. The molecule has 0 unspecified atom stereocenters. The molecule has 2 heteroatoms. The van der Waals surface area contributed by atoms with Crippen LogP contribution >= 0.6 is 0 Å². The van der Waals surface area contributed by atoms with Gasteiger partial charge in [0.2, 0.25) is 0 Å². The predicted molar refractivity (Wildman–Crippen MR) is 57.4 cm³/mol. The first-order chi connectivity index (χ1) is 6.84. The lowest BCUT2D eigenvalue weighted by Gasteiger charge is -2.09. The monoisotopic (exact) mass is 184 g/mol. The number of nitrogens with zero attached hydrogens (tertiary/aromatic N) is 1. The summed E-state index contributed by atoms with van der Waals surface area (Å²) in [5.41, 5.74) is 3.24. The number of aromatic nitrogens is 1. The molecule has 1 aromatic rings. The average Bonchev–Trinajstić information content (AvgIpc) is 2.19. The van der Waals surface area contributed by atoms with E-state index in [1.807, 2.05) is 42.7 Å². The van der Waals surface area contributed by atoms with Crippen LogP contribution in [0.3, 0.4) is 0 Å². The highest BCUT2D eigenvalue weighted by atomic mass is 14.8. The molecule has 0 saturated heterocycles. The highest BCUT2D eigenvalue weighted by molar-refractivity contribution is 5.35. The molecule has 70 valence electrons. The summed E-state index contributed by atoms with van der Waals surface area (Å²) >= 11 is 0. The number of rotatable bonds is 2. The SMILES string of the molecule is C=C1C=C(Cc2ccccn2)C=CN1. The van der Waals surface area contributed by atoms with Crippen molar-refractivity contribution in [3.8, 4) is 0 Å². The quantitative estimate of drug-likeness (QED) is 0.762. The van der Waals surface area contributed by atoms with Crippen molar-refractivity contribution in [2.75, 3.05) is 0 Å². The van der Waals surface area contributed by atoms with Crippen molar-refractivity contribution in [1.82, 2.24) is 10.3 Å². The van der Waals surface area contributed by atoms with E-state index in [0.29, 0.717) is 0 Å². The van der Waals surface area contributed by atoms with Gasteiger partial charge in [-0.25, -0.2) is 0 Å². The fourth-order valence-corrected chi connectivity index (χ4v) is 1.39. The molecule has 14 heavy (non-hydrogen) atoms. The van der Waals surface area contributed by atoms with E-state index in [4.69, 9.17) is 0 Å². The standard InChI is InChI=1S/C12H12N2/c1-10-8-11(5-7-13-10)9-12-4-2-3-6-14-12/h2-8,13H,1,9H2. The molecule has 0 amide bonds. The number of hydrogen-bond donors (Lipinski definition) is 1. The Balaban J connectivity index is 2.12. The van der Waals surface area contributed by atoms with E-state index in [1.54, 1.807) is 0 Å². The molecule has 1 aliphatic heterocycles. The normalized spacial score (nSPS) is 14.9. The van der Waals surface area contributed by atoms with Crippen molar-refractivity contribution in [2.24, 2.45) is 0 Å². The van der Waals surface area contributed by atoms with Crippen LogP contribution < -0.4 is 5.32 Å². The van der Waals surface area contributed by atoms with Crippen LogP contribution in [0.25, 0.3) is 0 Å². The third-order valence-corrected chi connectivity index (χ3v) is 2.04. The molecule has 1 aliphatic rings. The largest absolute Gasteiger partial charge is 0.362 e. The minimum absolute atomic E-state index is 0.859. The Kier molecular flexibility index (Phi) is 2.45. The molecule has 0 atom stereocenters. The van der Waals surface area contributed by atoms with Crippen LogP contribution in [-0.2, 0) is 6.42 Å². The van der Waals surface area contributed by atoms with Crippen LogP contribution in [0.2, 0.25) is 0 Å². The summed E-state index contributed by atoms with van der Waals surface area (Å²) in [7, 11) is 0. The van der Waals surface area contributed by atoms with E-state index in [1.165, 1.54) is 5.57 Å². The Bertz CT molecular complexity index is 388. The zero-order valence-corrected chi connectivity index (χ0v) is 7.90. The van der Waals surface area contributed by atoms with Crippen molar-refractivity contribution in [1.29, 1.82) is 0 Å². The molecule has 0 aliphatic carbocycles. The number of nitrogens with one attached hydrogen (secondary N) is 1. The van der Waals surface area contributed by atoms with Gasteiger partial charge in [0, 0.05) is 30.2 Å². The van der Waals surface area contributed by atoms with E-state index in [9.17, 15) is 0 Å². The summed E-state index contributed by atoms with van der Waals surface area (Å²) in [4.78, 5) is 4.27. The van der Waals surface area contributed by atoms with Crippen molar-refractivity contribution in [3.05, 3.63) is 66.3 Å². The highest BCUT2D eigenvalue weighted by Gasteiger charge is 2.01. The van der Waals surface area contributed by atoms with E-state index in [0.717, 1.165) is 17.8 Å². The summed E-state index contributed by atoms with van der Waals surface area (Å²) in [6, 6.07) is 5.96. The molecule has 0 fully saturated rings. The van der Waals surface area contributed by atoms with Crippen molar-refractivity contribution in [3.63, 3.8) is 0 Å². The summed E-state index contributed by atoms with van der Waals surface area (Å²) < 4.78 is 0. The van der Waals surface area contributed by atoms with Gasteiger partial charge in [0.15, 0.2) is 0 Å². The zero-order valence-electron chi connectivity index (χ0n) is 7.90. The van der Waals surface area contributed by atoms with E-state index in [-0.39, 0.29) is 0 Å². The number of dihydropyridines is 1. The van der Waals surface area contributed by atoms with Gasteiger partial charge in [-0.15, -0.1) is 0 Å². The van der Waals surface area contributed by atoms with Crippen LogP contribution in [-0.4, -0.2) is 4.98 Å². The molecule has 1 N–H and O–H groups in total. The maximum Gasteiger partial charge on any atom is 0.0447 e. The number of pyridine rings is 1. The van der Waals surface area contributed by atoms with Gasteiger partial charge in [0.1, 0.15) is 0 Å². The smallest absolute Gasteiger partial charge is 0.0447 e. The van der Waals surface area contributed by atoms with E-state index < -0.39 is 0 Å². The topological polar surface area (TPSA) is 24.9 Å². The van der Waals surface area contributed by atoms with Crippen molar-refractivity contribution >= 4 is 0 Å². The third kappa shape index (κ3) is 2.10. The van der Waals surface area contributed by atoms with Gasteiger partial charge in [-0.05, 0) is 29.9 Å². The minimum atomic E-state index is 0.859. The van der Waals surface area contributed by atoms with E-state index >= 15 is 0 Å². The summed E-state index contributed by atoms with van der Waals surface area (Å²) in [5.74, 6) is 0. The number of hydrogen-bond acceptors (Lipinski definition) is 2. The molecule has 1 aromatic heterocycles. The minimum Gasteiger partial charge on any atom is -0.362 e. The van der Waals surface area contributed by atoms with Crippen molar-refractivity contribution < 1.29 is 0 Å². The molecule has 0 aromatic carbocycles. The Morgan fingerprint density at radius 1 is 1.36 bits per heavy atom. The lowest BCUT2D eigenvalue weighted by Crippen LogP contribution is -2.06. The first kappa shape index (κ1) is 8.75. The molecular formula is C12H12N2. The second kappa shape index (κ2) is 3.92. The van der Waals surface area contributed by atoms with Crippen molar-refractivity contribution in [2.45, 2.75) is 6.42 Å². The molecule has 0 radical (unpaired) electrons. The fraction of sp³-hybridized carbons (Fsp3) is 0.0833. The van der Waals surface area contributed by atoms with Gasteiger partial charge in [0.25, 0.3) is 0 Å². The zero-order chi connectivity index (χ0) is 9.80. The first-order valence-electron chi connectivity index (χ1n) is 4.57. The molecule has 2 heterocycles. The molecule has 2 nitrogen and oxygen atoms in total. The summed E-state index contributed by atoms with van der Waals surface area (Å²) in [6.07, 6.45) is 8.66. The second-order valence-corrected chi connectivity index (χ2v) is 3.22. The fourth-order valence-electron chi connectivity index (χ4n) is 1.39. The van der Waals surface area contributed by atoms with Gasteiger partial charge in [0.05, 0.1) is 0 Å². The molecule has 0 saturated carbocycles. The Morgan fingerprint density at radius 2 is 2.29 bits per heavy atom. The number of allylic oxidation sites excluding steroid dienone is 3. The third-order valence-electron chi connectivity index (χ3n) is 2.04. The van der Waals surface area contributed by atoms with Gasteiger partial charge < -0.3 is 5.32 Å². The molecular weight excluding hydrogens is 172 g/mol. The van der Waals surface area contributed by atoms with Gasteiger partial charge >= 0.3 is 0 Å². The lowest BCUT2D eigenvalue weighted by atomic mass is 10.1. The second-order valence-electron chi connectivity index (χ2n) is 3.22. The van der Waals surface area contributed by atoms with Crippen LogP contribution in [0, 0.1) is 0 Å². The molecule has 2 rings (SSSR count). The maximum absolute atomic E-state index is 4.27. The summed E-state index contributed by atoms with van der Waals surface area (Å²) in [5, 5.41) is 3.03. The maximum atomic E-state index is 4.27. The van der Waals surface area contributed by atoms with Gasteiger partial charge in [-0.2, -0.15) is 0 Å².